The number of hydrogen-bond acceptors (Lipinski definition) is 4. The van der Waals surface area contributed by atoms with Gasteiger partial charge in [0, 0.05) is 13.8 Å². The molecule has 0 saturated carbocycles. The van der Waals surface area contributed by atoms with Crippen LogP contribution in [0.2, 0.25) is 0 Å². The average Bonchev–Trinajstić information content (AvgIpc) is 1.84. The fourth-order valence-corrected chi connectivity index (χ4v) is 0.248. The van der Waals surface area contributed by atoms with Crippen molar-refractivity contribution in [1.29, 1.82) is 0 Å². The molecule has 0 spiro atoms. The highest BCUT2D eigenvalue weighted by molar-refractivity contribution is 6.27. The first-order valence-corrected chi connectivity index (χ1v) is 3.01. The Balaban J connectivity index is 0. The summed E-state index contributed by atoms with van der Waals surface area (Å²) in [6, 6.07) is 0. The van der Waals surface area contributed by atoms with Gasteiger partial charge in [0.25, 0.3) is 0 Å². The Morgan fingerprint density at radius 2 is 1.08 bits per heavy atom. The average molecular weight is 191 g/mol. The van der Waals surface area contributed by atoms with Crippen molar-refractivity contribution >= 4 is 23.8 Å². The lowest BCUT2D eigenvalue weighted by Crippen LogP contribution is -2.24. The van der Waals surface area contributed by atoms with Gasteiger partial charge in [0.1, 0.15) is 0 Å². The predicted octanol–water partition coefficient (Wildman–Crippen LogP) is -1.18. The Morgan fingerprint density at radius 3 is 1.08 bits per heavy atom. The van der Waals surface area contributed by atoms with Crippen LogP contribution in [0.1, 0.15) is 13.8 Å². The van der Waals surface area contributed by atoms with Gasteiger partial charge in [0.05, 0.1) is 0 Å². The maximum absolute atomic E-state index is 9.92. The second-order valence-electron chi connectivity index (χ2n) is 1.85. The van der Waals surface area contributed by atoms with Crippen LogP contribution in [0.5, 0.6) is 0 Å². The van der Waals surface area contributed by atoms with Gasteiger partial charge in [0.2, 0.25) is 11.8 Å². The maximum Gasteiger partial charge on any atom is 0.414 e. The molecule has 0 heterocycles. The van der Waals surface area contributed by atoms with Crippen molar-refractivity contribution in [2.75, 3.05) is 0 Å². The van der Waals surface area contributed by atoms with Gasteiger partial charge in [-0.1, -0.05) is 0 Å². The van der Waals surface area contributed by atoms with Crippen LogP contribution >= 0.6 is 0 Å². The van der Waals surface area contributed by atoms with Gasteiger partial charge in [0.15, 0.2) is 0 Å². The standard InChI is InChI=1S/C4H7NO2.C2H2O4/c1-3(6)5-4(2)7;3-1(4)2(5)6/h1-2H3,(H,5,6,7);(H,3,4)(H,5,6). The first-order valence-electron chi connectivity index (χ1n) is 3.01. The van der Waals surface area contributed by atoms with Crippen molar-refractivity contribution in [2.24, 2.45) is 0 Å². The molecule has 3 N–H and O–H groups in total. The molecule has 0 aromatic rings. The van der Waals surface area contributed by atoms with Gasteiger partial charge in [-0.05, 0) is 0 Å². The van der Waals surface area contributed by atoms with Crippen LogP contribution in [-0.4, -0.2) is 34.0 Å². The van der Waals surface area contributed by atoms with Gasteiger partial charge in [-0.2, -0.15) is 0 Å². The van der Waals surface area contributed by atoms with E-state index in [9.17, 15) is 9.59 Å². The van der Waals surface area contributed by atoms with Gasteiger partial charge in [-0.25, -0.2) is 9.59 Å². The lowest BCUT2D eigenvalue weighted by atomic mass is 10.6. The molecule has 0 radical (unpaired) electrons. The van der Waals surface area contributed by atoms with Gasteiger partial charge in [-0.15, -0.1) is 0 Å². The SMILES string of the molecule is CC(=O)NC(C)=O.O=C(O)C(=O)O. The number of imide groups is 1. The van der Waals surface area contributed by atoms with E-state index in [0.29, 0.717) is 0 Å². The number of carboxylic acids is 2. The summed E-state index contributed by atoms with van der Waals surface area (Å²) in [5, 5.41) is 16.8. The van der Waals surface area contributed by atoms with Crippen LogP contribution in [0.3, 0.4) is 0 Å². The molecule has 13 heavy (non-hydrogen) atoms. The number of rotatable bonds is 0. The van der Waals surface area contributed by atoms with Crippen LogP contribution in [0.25, 0.3) is 0 Å². The highest BCUT2D eigenvalue weighted by Crippen LogP contribution is 1.58. The van der Waals surface area contributed by atoms with Crippen molar-refractivity contribution in [3.8, 4) is 0 Å². The molecule has 0 atom stereocenters. The number of aliphatic carboxylic acids is 2. The molecule has 7 nitrogen and oxygen atoms in total. The zero-order valence-corrected chi connectivity index (χ0v) is 7.03. The topological polar surface area (TPSA) is 121 Å². The molecule has 0 unspecified atom stereocenters. The minimum Gasteiger partial charge on any atom is -0.473 e. The quantitative estimate of drug-likeness (QED) is 0.414. The monoisotopic (exact) mass is 191 g/mol. The highest BCUT2D eigenvalue weighted by atomic mass is 16.4. The smallest absolute Gasteiger partial charge is 0.414 e. The summed E-state index contributed by atoms with van der Waals surface area (Å²) >= 11 is 0. The maximum atomic E-state index is 9.92. The van der Waals surface area contributed by atoms with Crippen molar-refractivity contribution < 1.29 is 29.4 Å². The number of carbonyl (C=O) groups excluding carboxylic acids is 2. The fraction of sp³-hybridized carbons (Fsp3) is 0.333. The summed E-state index contributed by atoms with van der Waals surface area (Å²) in [7, 11) is 0. The van der Waals surface area contributed by atoms with E-state index < -0.39 is 11.9 Å². The van der Waals surface area contributed by atoms with E-state index in [4.69, 9.17) is 19.8 Å². The van der Waals surface area contributed by atoms with E-state index in [-0.39, 0.29) is 11.8 Å². The van der Waals surface area contributed by atoms with Gasteiger partial charge < -0.3 is 10.2 Å². The van der Waals surface area contributed by atoms with Crippen molar-refractivity contribution in [1.82, 2.24) is 5.32 Å². The van der Waals surface area contributed by atoms with Crippen LogP contribution in [0.4, 0.5) is 0 Å². The van der Waals surface area contributed by atoms with E-state index in [1.807, 2.05) is 5.32 Å². The Hall–Kier alpha value is -1.92. The summed E-state index contributed by atoms with van der Waals surface area (Å²) < 4.78 is 0. The number of carboxylic acid groups (broad SMARTS) is 2. The van der Waals surface area contributed by atoms with Crippen molar-refractivity contribution in [3.63, 3.8) is 0 Å². The molecule has 74 valence electrons. The lowest BCUT2D eigenvalue weighted by Gasteiger charge is -1.88. The van der Waals surface area contributed by atoms with Crippen molar-refractivity contribution in [2.45, 2.75) is 13.8 Å². The van der Waals surface area contributed by atoms with E-state index in [1.54, 1.807) is 0 Å². The zero-order valence-electron chi connectivity index (χ0n) is 7.03. The number of nitrogens with one attached hydrogen (secondary N) is 1. The molecule has 0 aliphatic carbocycles. The molecule has 0 aliphatic heterocycles. The number of amides is 2. The van der Waals surface area contributed by atoms with Crippen LogP contribution in [0, 0.1) is 0 Å². The third kappa shape index (κ3) is 17.8. The predicted molar refractivity (Wildman–Crippen MR) is 39.8 cm³/mol. The Morgan fingerprint density at radius 1 is 0.846 bits per heavy atom. The zero-order chi connectivity index (χ0) is 11.0. The Labute approximate surface area is 73.4 Å². The molecule has 0 rings (SSSR count). The largest absolute Gasteiger partial charge is 0.473 e. The van der Waals surface area contributed by atoms with Gasteiger partial charge in [-0.3, -0.25) is 14.9 Å². The second-order valence-corrected chi connectivity index (χ2v) is 1.85. The Bertz CT molecular complexity index is 209. The summed E-state index contributed by atoms with van der Waals surface area (Å²) in [4.78, 5) is 38.0. The first-order chi connectivity index (χ1) is 5.77. The summed E-state index contributed by atoms with van der Waals surface area (Å²) in [5.41, 5.74) is 0. The van der Waals surface area contributed by atoms with E-state index in [2.05, 4.69) is 0 Å². The molecule has 7 heteroatoms. The third-order valence-corrected chi connectivity index (χ3v) is 0.535. The molecular formula is C6H9NO6. The molecular weight excluding hydrogens is 182 g/mol. The highest BCUT2D eigenvalue weighted by Gasteiger charge is 2.04. The second kappa shape index (κ2) is 6.77. The summed E-state index contributed by atoms with van der Waals surface area (Å²) in [6.07, 6.45) is 0. The molecule has 0 saturated heterocycles. The molecule has 0 fully saturated rings. The number of carbonyl (C=O) groups is 4. The lowest BCUT2D eigenvalue weighted by molar-refractivity contribution is -0.159. The Kier molecular flexibility index (Phi) is 7.11. The van der Waals surface area contributed by atoms with E-state index >= 15 is 0 Å². The van der Waals surface area contributed by atoms with Gasteiger partial charge >= 0.3 is 11.9 Å². The molecule has 0 aromatic carbocycles. The van der Waals surface area contributed by atoms with Crippen LogP contribution in [0.15, 0.2) is 0 Å². The first kappa shape index (κ1) is 13.7. The minimum absolute atomic E-state index is 0.312. The van der Waals surface area contributed by atoms with Crippen molar-refractivity contribution in [3.05, 3.63) is 0 Å². The minimum atomic E-state index is -1.82. The summed E-state index contributed by atoms with van der Waals surface area (Å²) in [6.45, 7) is 2.59. The molecule has 2 amide bonds. The van der Waals surface area contributed by atoms with E-state index in [0.717, 1.165) is 0 Å². The molecule has 0 aromatic heterocycles. The molecule has 0 bridgehead atoms. The fourth-order valence-electron chi connectivity index (χ4n) is 0.248. The third-order valence-electron chi connectivity index (χ3n) is 0.535. The van der Waals surface area contributed by atoms with E-state index in [1.165, 1.54) is 13.8 Å². The number of hydrogen-bond donors (Lipinski definition) is 3. The van der Waals surface area contributed by atoms with Crippen LogP contribution < -0.4 is 5.32 Å². The molecule has 0 aliphatic rings. The normalized spacial score (nSPS) is 7.54. The summed E-state index contributed by atoms with van der Waals surface area (Å²) in [5.74, 6) is -4.27. The van der Waals surface area contributed by atoms with Crippen LogP contribution in [-0.2, 0) is 19.2 Å².